The van der Waals surface area contributed by atoms with Crippen LogP contribution in [-0.4, -0.2) is 28.0 Å². The van der Waals surface area contributed by atoms with Gasteiger partial charge in [-0.3, -0.25) is 4.79 Å². The Kier molecular flexibility index (Phi) is 6.81. The summed E-state index contributed by atoms with van der Waals surface area (Å²) in [6.45, 7) is 4.20. The Morgan fingerprint density at radius 2 is 2.05 bits per heavy atom. The second-order valence-corrected chi connectivity index (χ2v) is 5.38. The summed E-state index contributed by atoms with van der Waals surface area (Å²) in [5, 5.41) is 11.6. The third kappa shape index (κ3) is 6.35. The first-order valence-electron chi connectivity index (χ1n) is 7.11. The molecule has 0 aliphatic heterocycles. The molecule has 0 fully saturated rings. The summed E-state index contributed by atoms with van der Waals surface area (Å²) in [4.78, 5) is 26.4. The van der Waals surface area contributed by atoms with E-state index in [1.165, 1.54) is 12.3 Å². The third-order valence-electron chi connectivity index (χ3n) is 3.25. The van der Waals surface area contributed by atoms with E-state index in [2.05, 4.69) is 10.3 Å². The molecule has 6 nitrogen and oxygen atoms in total. The van der Waals surface area contributed by atoms with Gasteiger partial charge in [0.15, 0.2) is 0 Å². The second kappa shape index (κ2) is 8.36. The summed E-state index contributed by atoms with van der Waals surface area (Å²) in [5.41, 5.74) is 6.44. The number of carbonyl (C=O) groups is 2. The smallest absolute Gasteiger partial charge is 0.354 e. The molecule has 0 aromatic carbocycles. The standard InChI is InChI=1S/C15H23N3O3/c1-10(4-3-5-11(2)16)14(19)18-9-12-6-7-13(15(20)21)17-8-12/h6-8,10-11H,3-5,9,16H2,1-2H3,(H,18,19)(H,20,21). The predicted octanol–water partition coefficient (Wildman–Crippen LogP) is 1.55. The number of nitrogens with one attached hydrogen (secondary N) is 1. The van der Waals surface area contributed by atoms with E-state index in [1.54, 1.807) is 6.07 Å². The normalized spacial score (nSPS) is 13.5. The highest BCUT2D eigenvalue weighted by atomic mass is 16.4. The first-order valence-corrected chi connectivity index (χ1v) is 7.11. The fourth-order valence-corrected chi connectivity index (χ4v) is 1.90. The van der Waals surface area contributed by atoms with Gasteiger partial charge in [-0.25, -0.2) is 9.78 Å². The molecule has 2 unspecified atom stereocenters. The zero-order valence-electron chi connectivity index (χ0n) is 12.5. The molecule has 1 aromatic rings. The molecule has 0 radical (unpaired) electrons. The molecule has 4 N–H and O–H groups in total. The van der Waals surface area contributed by atoms with E-state index in [9.17, 15) is 9.59 Å². The second-order valence-electron chi connectivity index (χ2n) is 5.38. The molecule has 0 bridgehead atoms. The number of pyridine rings is 1. The number of amides is 1. The van der Waals surface area contributed by atoms with Crippen molar-refractivity contribution in [3.8, 4) is 0 Å². The minimum atomic E-state index is -1.06. The van der Waals surface area contributed by atoms with Gasteiger partial charge in [0.1, 0.15) is 5.69 Å². The van der Waals surface area contributed by atoms with Crippen molar-refractivity contribution >= 4 is 11.9 Å². The van der Waals surface area contributed by atoms with Gasteiger partial charge in [-0.15, -0.1) is 0 Å². The molecule has 0 spiro atoms. The average Bonchev–Trinajstić information content (AvgIpc) is 2.44. The van der Waals surface area contributed by atoms with Gasteiger partial charge in [0.25, 0.3) is 0 Å². The Bertz CT molecular complexity index is 472. The first-order chi connectivity index (χ1) is 9.90. The highest BCUT2D eigenvalue weighted by molar-refractivity contribution is 5.85. The molecular formula is C15H23N3O3. The lowest BCUT2D eigenvalue weighted by atomic mass is 10.0. The van der Waals surface area contributed by atoms with Crippen LogP contribution in [0.4, 0.5) is 0 Å². The van der Waals surface area contributed by atoms with Crippen molar-refractivity contribution in [2.75, 3.05) is 0 Å². The Hall–Kier alpha value is -1.95. The number of carbonyl (C=O) groups excluding carboxylic acids is 1. The Labute approximate surface area is 124 Å². The van der Waals surface area contributed by atoms with Crippen LogP contribution in [0.15, 0.2) is 18.3 Å². The van der Waals surface area contributed by atoms with E-state index in [1.807, 2.05) is 13.8 Å². The topological polar surface area (TPSA) is 105 Å². The number of carboxylic acids is 1. The monoisotopic (exact) mass is 293 g/mol. The minimum absolute atomic E-state index is 0.00523. The van der Waals surface area contributed by atoms with Crippen LogP contribution in [0.5, 0.6) is 0 Å². The molecule has 116 valence electrons. The van der Waals surface area contributed by atoms with Gasteiger partial charge >= 0.3 is 5.97 Å². The summed E-state index contributed by atoms with van der Waals surface area (Å²) in [6.07, 6.45) is 4.12. The lowest BCUT2D eigenvalue weighted by Gasteiger charge is -2.13. The van der Waals surface area contributed by atoms with Crippen LogP contribution in [0.1, 0.15) is 49.2 Å². The molecule has 1 rings (SSSR count). The van der Waals surface area contributed by atoms with Gasteiger partial charge in [0, 0.05) is 24.7 Å². The fraction of sp³-hybridized carbons (Fsp3) is 0.533. The Morgan fingerprint density at radius 3 is 2.57 bits per heavy atom. The minimum Gasteiger partial charge on any atom is -0.477 e. The first kappa shape index (κ1) is 17.1. The van der Waals surface area contributed by atoms with E-state index < -0.39 is 5.97 Å². The fourth-order valence-electron chi connectivity index (χ4n) is 1.90. The highest BCUT2D eigenvalue weighted by Crippen LogP contribution is 2.09. The number of aromatic carboxylic acids is 1. The summed E-state index contributed by atoms with van der Waals surface area (Å²) < 4.78 is 0. The largest absolute Gasteiger partial charge is 0.477 e. The summed E-state index contributed by atoms with van der Waals surface area (Å²) in [5.74, 6) is -1.13. The molecular weight excluding hydrogens is 270 g/mol. The van der Waals surface area contributed by atoms with Gasteiger partial charge in [0.05, 0.1) is 0 Å². The van der Waals surface area contributed by atoms with Gasteiger partial charge in [-0.1, -0.05) is 19.4 Å². The van der Waals surface area contributed by atoms with E-state index in [4.69, 9.17) is 10.8 Å². The molecule has 2 atom stereocenters. The van der Waals surface area contributed by atoms with E-state index in [0.29, 0.717) is 6.54 Å². The van der Waals surface area contributed by atoms with Crippen LogP contribution in [0.3, 0.4) is 0 Å². The zero-order valence-corrected chi connectivity index (χ0v) is 12.5. The summed E-state index contributed by atoms with van der Waals surface area (Å²) in [7, 11) is 0. The van der Waals surface area contributed by atoms with Crippen LogP contribution in [0.2, 0.25) is 0 Å². The van der Waals surface area contributed by atoms with E-state index in [-0.39, 0.29) is 23.6 Å². The van der Waals surface area contributed by atoms with Crippen molar-refractivity contribution in [1.82, 2.24) is 10.3 Å². The number of nitrogens with zero attached hydrogens (tertiary/aromatic N) is 1. The molecule has 1 aromatic heterocycles. The average molecular weight is 293 g/mol. The third-order valence-corrected chi connectivity index (χ3v) is 3.25. The Morgan fingerprint density at radius 1 is 1.33 bits per heavy atom. The molecule has 1 amide bonds. The number of nitrogens with two attached hydrogens (primary N) is 1. The van der Waals surface area contributed by atoms with Crippen molar-refractivity contribution in [1.29, 1.82) is 0 Å². The maximum absolute atomic E-state index is 11.9. The SMILES string of the molecule is CC(N)CCCC(C)C(=O)NCc1ccc(C(=O)O)nc1. The van der Waals surface area contributed by atoms with Gasteiger partial charge < -0.3 is 16.2 Å². The van der Waals surface area contributed by atoms with Crippen LogP contribution in [-0.2, 0) is 11.3 Å². The quantitative estimate of drug-likeness (QED) is 0.674. The van der Waals surface area contributed by atoms with Crippen LogP contribution in [0.25, 0.3) is 0 Å². The van der Waals surface area contributed by atoms with Crippen LogP contribution >= 0.6 is 0 Å². The maximum Gasteiger partial charge on any atom is 0.354 e. The summed E-state index contributed by atoms with van der Waals surface area (Å²) >= 11 is 0. The van der Waals surface area contributed by atoms with Gasteiger partial charge in [0.2, 0.25) is 5.91 Å². The molecule has 1 heterocycles. The molecule has 0 aliphatic rings. The van der Waals surface area contributed by atoms with E-state index >= 15 is 0 Å². The number of aromatic nitrogens is 1. The zero-order chi connectivity index (χ0) is 15.8. The lowest BCUT2D eigenvalue weighted by Crippen LogP contribution is -2.29. The predicted molar refractivity (Wildman–Crippen MR) is 79.7 cm³/mol. The Balaban J connectivity index is 2.36. The number of carboxylic acid groups (broad SMARTS) is 1. The van der Waals surface area contributed by atoms with Crippen molar-refractivity contribution in [2.45, 2.75) is 45.7 Å². The summed E-state index contributed by atoms with van der Waals surface area (Å²) in [6, 6.07) is 3.24. The highest BCUT2D eigenvalue weighted by Gasteiger charge is 2.12. The number of hydrogen-bond donors (Lipinski definition) is 3. The molecule has 6 heteroatoms. The molecule has 21 heavy (non-hydrogen) atoms. The number of hydrogen-bond acceptors (Lipinski definition) is 4. The van der Waals surface area contributed by atoms with Gasteiger partial charge in [-0.2, -0.15) is 0 Å². The van der Waals surface area contributed by atoms with Crippen LogP contribution in [0, 0.1) is 5.92 Å². The van der Waals surface area contributed by atoms with Crippen molar-refractivity contribution in [3.05, 3.63) is 29.6 Å². The molecule has 0 saturated heterocycles. The number of rotatable bonds is 8. The van der Waals surface area contributed by atoms with Gasteiger partial charge in [-0.05, 0) is 31.4 Å². The van der Waals surface area contributed by atoms with Crippen molar-refractivity contribution < 1.29 is 14.7 Å². The maximum atomic E-state index is 11.9. The van der Waals surface area contributed by atoms with Crippen molar-refractivity contribution in [3.63, 3.8) is 0 Å². The van der Waals surface area contributed by atoms with Crippen molar-refractivity contribution in [2.24, 2.45) is 11.7 Å². The molecule has 0 aliphatic carbocycles. The molecule has 0 saturated carbocycles. The van der Waals surface area contributed by atoms with Crippen LogP contribution < -0.4 is 11.1 Å². The van der Waals surface area contributed by atoms with E-state index in [0.717, 1.165) is 24.8 Å². The lowest BCUT2D eigenvalue weighted by molar-refractivity contribution is -0.124.